The van der Waals surface area contributed by atoms with Crippen molar-refractivity contribution in [1.82, 2.24) is 4.98 Å². The number of nitrogens with zero attached hydrogens (tertiary/aromatic N) is 1. The molecule has 1 aromatic carbocycles. The quantitative estimate of drug-likeness (QED) is 0.794. The Balaban J connectivity index is 2.12. The third-order valence-electron chi connectivity index (χ3n) is 2.36. The van der Waals surface area contributed by atoms with Crippen molar-refractivity contribution in [2.75, 3.05) is 5.75 Å². The van der Waals surface area contributed by atoms with Gasteiger partial charge >= 0.3 is 0 Å². The molecule has 102 valence electrons. The lowest BCUT2D eigenvalue weighted by atomic mass is 10.2. The predicted molar refractivity (Wildman–Crippen MR) is 71.2 cm³/mol. The number of aromatic nitrogens is 1. The summed E-state index contributed by atoms with van der Waals surface area (Å²) in [5.41, 5.74) is 1.13. The molecule has 0 unspecified atom stereocenters. The molecule has 0 N–H and O–H groups in total. The van der Waals surface area contributed by atoms with E-state index in [9.17, 15) is 8.42 Å². The number of rotatable bonds is 5. The second-order valence-corrected chi connectivity index (χ2v) is 6.13. The van der Waals surface area contributed by atoms with Crippen LogP contribution in [0.4, 0.5) is 0 Å². The SMILES string of the molecule is CCS(=O)(=O)OCc1coc(-c2cccc(Cl)c2)n1. The number of hydrogen-bond acceptors (Lipinski definition) is 5. The van der Waals surface area contributed by atoms with E-state index in [1.54, 1.807) is 24.3 Å². The summed E-state index contributed by atoms with van der Waals surface area (Å²) in [4.78, 5) is 4.14. The van der Waals surface area contributed by atoms with E-state index >= 15 is 0 Å². The summed E-state index contributed by atoms with van der Waals surface area (Å²) in [6.45, 7) is 1.37. The van der Waals surface area contributed by atoms with Crippen LogP contribution in [-0.4, -0.2) is 19.2 Å². The Bertz CT molecular complexity index is 666. The van der Waals surface area contributed by atoms with Gasteiger partial charge in [-0.2, -0.15) is 8.42 Å². The van der Waals surface area contributed by atoms with E-state index in [1.807, 2.05) is 0 Å². The van der Waals surface area contributed by atoms with Gasteiger partial charge in [0.05, 0.1) is 5.75 Å². The van der Waals surface area contributed by atoms with Gasteiger partial charge in [0, 0.05) is 10.6 Å². The summed E-state index contributed by atoms with van der Waals surface area (Å²) >= 11 is 5.87. The van der Waals surface area contributed by atoms with E-state index in [1.165, 1.54) is 13.2 Å². The van der Waals surface area contributed by atoms with Gasteiger partial charge in [-0.05, 0) is 25.1 Å². The average Bonchev–Trinajstić information content (AvgIpc) is 2.85. The zero-order valence-electron chi connectivity index (χ0n) is 10.2. The van der Waals surface area contributed by atoms with E-state index in [4.69, 9.17) is 20.2 Å². The third kappa shape index (κ3) is 3.79. The second kappa shape index (κ2) is 5.73. The second-order valence-electron chi connectivity index (χ2n) is 3.76. The normalized spacial score (nSPS) is 11.7. The molecule has 0 atom stereocenters. The van der Waals surface area contributed by atoms with Gasteiger partial charge in [-0.15, -0.1) is 0 Å². The zero-order chi connectivity index (χ0) is 13.9. The molecule has 1 heterocycles. The van der Waals surface area contributed by atoms with Crippen molar-refractivity contribution in [2.24, 2.45) is 0 Å². The van der Waals surface area contributed by atoms with Crippen molar-refractivity contribution in [2.45, 2.75) is 13.5 Å². The summed E-state index contributed by atoms with van der Waals surface area (Å²) < 4.78 is 32.4. The Morgan fingerprint density at radius 1 is 1.42 bits per heavy atom. The highest BCUT2D eigenvalue weighted by molar-refractivity contribution is 7.86. The standard InChI is InChI=1S/C12H12ClNO4S/c1-2-19(15,16)18-8-11-7-17-12(14-11)9-4-3-5-10(13)6-9/h3-7H,2,8H2,1H3. The van der Waals surface area contributed by atoms with E-state index in [-0.39, 0.29) is 12.4 Å². The van der Waals surface area contributed by atoms with Gasteiger partial charge in [0.2, 0.25) is 5.89 Å². The molecule has 0 fully saturated rings. The Hall–Kier alpha value is -1.37. The molecular weight excluding hydrogens is 290 g/mol. The monoisotopic (exact) mass is 301 g/mol. The van der Waals surface area contributed by atoms with Crippen LogP contribution in [0.3, 0.4) is 0 Å². The van der Waals surface area contributed by atoms with E-state index in [2.05, 4.69) is 4.98 Å². The minimum Gasteiger partial charge on any atom is -0.444 e. The van der Waals surface area contributed by atoms with E-state index in [0.29, 0.717) is 16.6 Å². The molecule has 0 aliphatic rings. The molecule has 0 aliphatic carbocycles. The van der Waals surface area contributed by atoms with Crippen molar-refractivity contribution < 1.29 is 17.0 Å². The minimum absolute atomic E-state index is 0.0774. The van der Waals surface area contributed by atoms with Gasteiger partial charge in [0.15, 0.2) is 0 Å². The fourth-order valence-electron chi connectivity index (χ4n) is 1.36. The smallest absolute Gasteiger partial charge is 0.267 e. The van der Waals surface area contributed by atoms with Gasteiger partial charge < -0.3 is 4.42 Å². The average molecular weight is 302 g/mol. The molecule has 7 heteroatoms. The van der Waals surface area contributed by atoms with Crippen LogP contribution in [0.1, 0.15) is 12.6 Å². The Morgan fingerprint density at radius 2 is 2.21 bits per heavy atom. The molecule has 19 heavy (non-hydrogen) atoms. The van der Waals surface area contributed by atoms with Crippen molar-refractivity contribution in [3.63, 3.8) is 0 Å². The largest absolute Gasteiger partial charge is 0.444 e. The minimum atomic E-state index is -3.48. The van der Waals surface area contributed by atoms with Crippen LogP contribution in [0, 0.1) is 0 Å². The van der Waals surface area contributed by atoms with Crippen LogP contribution in [-0.2, 0) is 20.9 Å². The lowest BCUT2D eigenvalue weighted by molar-refractivity contribution is 0.304. The van der Waals surface area contributed by atoms with Gasteiger partial charge in [0.25, 0.3) is 10.1 Å². The summed E-state index contributed by atoms with van der Waals surface area (Å²) in [6.07, 6.45) is 1.36. The topological polar surface area (TPSA) is 69.4 Å². The summed E-state index contributed by atoms with van der Waals surface area (Å²) in [7, 11) is -3.48. The molecule has 0 bridgehead atoms. The Morgan fingerprint density at radius 3 is 2.89 bits per heavy atom. The molecule has 1 aromatic heterocycles. The van der Waals surface area contributed by atoms with Gasteiger partial charge in [0.1, 0.15) is 18.6 Å². The van der Waals surface area contributed by atoms with Gasteiger partial charge in [-0.3, -0.25) is 4.18 Å². The fraction of sp³-hybridized carbons (Fsp3) is 0.250. The van der Waals surface area contributed by atoms with Crippen molar-refractivity contribution >= 4 is 21.7 Å². The van der Waals surface area contributed by atoms with Crippen LogP contribution in [0.15, 0.2) is 34.9 Å². The maximum absolute atomic E-state index is 11.2. The van der Waals surface area contributed by atoms with Crippen LogP contribution in [0.25, 0.3) is 11.5 Å². The first-order chi connectivity index (χ1) is 9.00. The van der Waals surface area contributed by atoms with Crippen molar-refractivity contribution in [3.05, 3.63) is 41.2 Å². The molecule has 0 saturated heterocycles. The summed E-state index contributed by atoms with van der Waals surface area (Å²) in [5, 5.41) is 0.571. The van der Waals surface area contributed by atoms with Crippen LogP contribution in [0.5, 0.6) is 0 Å². The molecule has 5 nitrogen and oxygen atoms in total. The van der Waals surface area contributed by atoms with Crippen LogP contribution in [0.2, 0.25) is 5.02 Å². The first kappa shape index (κ1) is 14.0. The lowest BCUT2D eigenvalue weighted by Gasteiger charge is -1.99. The van der Waals surface area contributed by atoms with E-state index in [0.717, 1.165) is 5.56 Å². The van der Waals surface area contributed by atoms with Crippen molar-refractivity contribution in [3.8, 4) is 11.5 Å². The first-order valence-electron chi connectivity index (χ1n) is 5.57. The van der Waals surface area contributed by atoms with Gasteiger partial charge in [-0.25, -0.2) is 4.98 Å². The highest BCUT2D eigenvalue weighted by Crippen LogP contribution is 2.22. The highest BCUT2D eigenvalue weighted by atomic mass is 35.5. The molecule has 0 amide bonds. The molecule has 0 spiro atoms. The molecule has 2 aromatic rings. The molecule has 0 saturated carbocycles. The maximum Gasteiger partial charge on any atom is 0.267 e. The number of oxazole rings is 1. The number of hydrogen-bond donors (Lipinski definition) is 0. The summed E-state index contributed by atoms with van der Waals surface area (Å²) in [6, 6.07) is 7.03. The predicted octanol–water partition coefficient (Wildman–Crippen LogP) is 2.86. The first-order valence-corrected chi connectivity index (χ1v) is 7.53. The molecular formula is C12H12ClNO4S. The zero-order valence-corrected chi connectivity index (χ0v) is 11.7. The molecule has 2 rings (SSSR count). The number of benzene rings is 1. The maximum atomic E-state index is 11.2. The Kier molecular flexibility index (Phi) is 4.24. The number of halogens is 1. The Labute approximate surface area is 116 Å². The highest BCUT2D eigenvalue weighted by Gasteiger charge is 2.11. The van der Waals surface area contributed by atoms with Gasteiger partial charge in [-0.1, -0.05) is 17.7 Å². The molecule has 0 aliphatic heterocycles. The fourth-order valence-corrected chi connectivity index (χ4v) is 2.02. The van der Waals surface area contributed by atoms with E-state index < -0.39 is 10.1 Å². The molecule has 0 radical (unpaired) electrons. The van der Waals surface area contributed by atoms with Crippen molar-refractivity contribution in [1.29, 1.82) is 0 Å². The summed E-state index contributed by atoms with van der Waals surface area (Å²) in [5.74, 6) is 0.293. The van der Waals surface area contributed by atoms with Crippen LogP contribution >= 0.6 is 11.6 Å². The lowest BCUT2D eigenvalue weighted by Crippen LogP contribution is -2.08. The van der Waals surface area contributed by atoms with Crippen LogP contribution < -0.4 is 0 Å². The third-order valence-corrected chi connectivity index (χ3v) is 3.78.